The maximum Gasteiger partial charge on any atom is 0.247 e. The number of benzene rings is 1. The van der Waals surface area contributed by atoms with Crippen LogP contribution in [-0.4, -0.2) is 79.2 Å². The molecule has 230 valence electrons. The van der Waals surface area contributed by atoms with Crippen molar-refractivity contribution in [2.45, 2.75) is 89.8 Å². The summed E-state index contributed by atoms with van der Waals surface area (Å²) in [5, 5.41) is 11.1. The number of hydrogen-bond acceptors (Lipinski definition) is 7. The number of thiazole rings is 1. The van der Waals surface area contributed by atoms with Gasteiger partial charge in [-0.15, -0.1) is 11.3 Å². The zero-order valence-electron chi connectivity index (χ0n) is 25.6. The van der Waals surface area contributed by atoms with E-state index in [1.165, 1.54) is 29.5 Å². The fraction of sp³-hybridized carbons (Fsp3) is 0.667. The molecule has 9 heteroatoms. The van der Waals surface area contributed by atoms with Crippen molar-refractivity contribution in [3.63, 3.8) is 0 Å². The molecule has 2 aliphatic carbocycles. The SMILES string of the molecule is C=C(CN1CCOCC1)C(=O)NCC(NC(=O)[C@H](Cc1nc2ccc(C(C)C)cc2s1)NC1CC1C)C1CCCCC1. The third-order valence-corrected chi connectivity index (χ3v) is 10.3. The minimum Gasteiger partial charge on any atom is -0.379 e. The Balaban J connectivity index is 1.25. The van der Waals surface area contributed by atoms with Crippen LogP contribution in [0.2, 0.25) is 0 Å². The first-order chi connectivity index (χ1) is 20.3. The van der Waals surface area contributed by atoms with Gasteiger partial charge in [-0.1, -0.05) is 52.7 Å². The number of carbonyl (C=O) groups is 2. The Morgan fingerprint density at radius 2 is 1.90 bits per heavy atom. The molecular weight excluding hydrogens is 546 g/mol. The van der Waals surface area contributed by atoms with Crippen molar-refractivity contribution < 1.29 is 14.3 Å². The first-order valence-electron chi connectivity index (χ1n) is 16.0. The zero-order valence-corrected chi connectivity index (χ0v) is 26.4. The number of carbonyl (C=O) groups excluding carboxylic acids is 2. The van der Waals surface area contributed by atoms with Crippen LogP contribution in [0.4, 0.5) is 0 Å². The van der Waals surface area contributed by atoms with Gasteiger partial charge in [0.25, 0.3) is 0 Å². The monoisotopic (exact) mass is 595 g/mol. The molecule has 1 aliphatic heterocycles. The normalized spacial score (nSPS) is 23.0. The molecule has 0 spiro atoms. The van der Waals surface area contributed by atoms with Crippen molar-refractivity contribution in [2.75, 3.05) is 39.4 Å². The molecule has 1 aromatic carbocycles. The molecule has 3 aliphatic rings. The second kappa shape index (κ2) is 14.4. The molecule has 2 saturated carbocycles. The lowest BCUT2D eigenvalue weighted by molar-refractivity contribution is -0.125. The second-order valence-electron chi connectivity index (χ2n) is 12.9. The van der Waals surface area contributed by atoms with Gasteiger partial charge in [0.15, 0.2) is 0 Å². The van der Waals surface area contributed by atoms with Gasteiger partial charge in [0.05, 0.1) is 34.5 Å². The lowest BCUT2D eigenvalue weighted by Gasteiger charge is -2.33. The van der Waals surface area contributed by atoms with Crippen LogP contribution in [-0.2, 0) is 20.7 Å². The summed E-state index contributed by atoms with van der Waals surface area (Å²) in [5.74, 6) is 1.27. The van der Waals surface area contributed by atoms with Crippen LogP contribution < -0.4 is 16.0 Å². The van der Waals surface area contributed by atoms with Crippen molar-refractivity contribution in [3.8, 4) is 0 Å². The number of hydrogen-bond donors (Lipinski definition) is 3. The molecule has 2 amide bonds. The van der Waals surface area contributed by atoms with Crippen molar-refractivity contribution in [2.24, 2.45) is 11.8 Å². The maximum atomic E-state index is 13.9. The highest BCUT2D eigenvalue weighted by atomic mass is 32.1. The molecule has 8 nitrogen and oxygen atoms in total. The Morgan fingerprint density at radius 3 is 2.60 bits per heavy atom. The first kappa shape index (κ1) is 31.1. The summed E-state index contributed by atoms with van der Waals surface area (Å²) in [4.78, 5) is 34.0. The quantitative estimate of drug-likeness (QED) is 0.297. The summed E-state index contributed by atoms with van der Waals surface area (Å²) >= 11 is 1.69. The van der Waals surface area contributed by atoms with Gasteiger partial charge in [-0.3, -0.25) is 14.5 Å². The number of nitrogens with zero attached hydrogens (tertiary/aromatic N) is 2. The van der Waals surface area contributed by atoms with Crippen molar-refractivity contribution in [1.29, 1.82) is 0 Å². The number of aromatic nitrogens is 1. The predicted octanol–water partition coefficient (Wildman–Crippen LogP) is 4.40. The Bertz CT molecular complexity index is 1230. The molecule has 0 radical (unpaired) electrons. The molecule has 1 aromatic heterocycles. The van der Waals surface area contributed by atoms with Crippen LogP contribution >= 0.6 is 11.3 Å². The second-order valence-corrected chi connectivity index (χ2v) is 14.1. The van der Waals surface area contributed by atoms with Gasteiger partial charge in [-0.2, -0.15) is 0 Å². The zero-order chi connectivity index (χ0) is 29.6. The van der Waals surface area contributed by atoms with Crippen LogP contribution in [0.1, 0.15) is 75.8 Å². The summed E-state index contributed by atoms with van der Waals surface area (Å²) in [7, 11) is 0. The third-order valence-electron chi connectivity index (χ3n) is 9.21. The van der Waals surface area contributed by atoms with Crippen LogP contribution in [0.15, 0.2) is 30.4 Å². The smallest absolute Gasteiger partial charge is 0.247 e. The Labute approximate surface area is 255 Å². The molecule has 5 rings (SSSR count). The minimum atomic E-state index is -0.358. The average Bonchev–Trinajstić information content (AvgIpc) is 3.53. The summed E-state index contributed by atoms with van der Waals surface area (Å²) in [5.41, 5.74) is 2.87. The van der Waals surface area contributed by atoms with Gasteiger partial charge in [0.2, 0.25) is 11.8 Å². The van der Waals surface area contributed by atoms with Gasteiger partial charge >= 0.3 is 0 Å². The van der Waals surface area contributed by atoms with E-state index >= 15 is 0 Å². The van der Waals surface area contributed by atoms with Crippen molar-refractivity contribution in [1.82, 2.24) is 25.8 Å². The van der Waals surface area contributed by atoms with E-state index in [4.69, 9.17) is 9.72 Å². The summed E-state index contributed by atoms with van der Waals surface area (Å²) in [6.45, 7) is 14.7. The molecule has 42 heavy (non-hydrogen) atoms. The highest BCUT2D eigenvalue weighted by Gasteiger charge is 2.37. The molecule has 3 fully saturated rings. The van der Waals surface area contributed by atoms with Gasteiger partial charge in [-0.05, 0) is 54.7 Å². The van der Waals surface area contributed by atoms with Crippen molar-refractivity contribution >= 4 is 33.4 Å². The number of nitrogens with one attached hydrogen (secondary N) is 3. The van der Waals surface area contributed by atoms with Gasteiger partial charge in [0.1, 0.15) is 0 Å². The van der Waals surface area contributed by atoms with Gasteiger partial charge in [-0.25, -0.2) is 4.98 Å². The van der Waals surface area contributed by atoms with E-state index in [0.717, 1.165) is 42.9 Å². The topological polar surface area (TPSA) is 95.6 Å². The van der Waals surface area contributed by atoms with E-state index in [-0.39, 0.29) is 23.9 Å². The molecule has 4 atom stereocenters. The van der Waals surface area contributed by atoms with E-state index < -0.39 is 0 Å². The highest BCUT2D eigenvalue weighted by Crippen LogP contribution is 2.31. The number of rotatable bonds is 13. The van der Waals surface area contributed by atoms with Crippen molar-refractivity contribution in [3.05, 3.63) is 40.9 Å². The Morgan fingerprint density at radius 1 is 1.17 bits per heavy atom. The molecular formula is C33H49N5O3S. The van der Waals surface area contributed by atoms with E-state index in [2.05, 4.69) is 66.4 Å². The maximum absolute atomic E-state index is 13.9. The van der Waals surface area contributed by atoms with Gasteiger partial charge in [0, 0.05) is 50.3 Å². The molecule has 3 unspecified atom stereocenters. The predicted molar refractivity (Wildman–Crippen MR) is 170 cm³/mol. The minimum absolute atomic E-state index is 0.00758. The number of ether oxygens (including phenoxy) is 1. The van der Waals surface area contributed by atoms with Crippen LogP contribution in [0.3, 0.4) is 0 Å². The van der Waals surface area contributed by atoms with Crippen LogP contribution in [0.5, 0.6) is 0 Å². The lowest BCUT2D eigenvalue weighted by Crippen LogP contribution is -2.55. The van der Waals surface area contributed by atoms with E-state index in [0.29, 0.717) is 62.1 Å². The van der Waals surface area contributed by atoms with Crippen LogP contribution in [0, 0.1) is 11.8 Å². The Kier molecular flexibility index (Phi) is 10.7. The molecule has 0 bridgehead atoms. The van der Waals surface area contributed by atoms with Gasteiger partial charge < -0.3 is 20.7 Å². The summed E-state index contributed by atoms with van der Waals surface area (Å²) in [6, 6.07) is 6.39. The third kappa shape index (κ3) is 8.40. The molecule has 2 heterocycles. The summed E-state index contributed by atoms with van der Waals surface area (Å²) < 4.78 is 6.60. The highest BCUT2D eigenvalue weighted by molar-refractivity contribution is 7.18. The largest absolute Gasteiger partial charge is 0.379 e. The fourth-order valence-corrected chi connectivity index (χ4v) is 7.30. The molecule has 1 saturated heterocycles. The van der Waals surface area contributed by atoms with E-state index in [9.17, 15) is 9.59 Å². The Hall–Kier alpha value is -2.33. The average molecular weight is 596 g/mol. The number of amides is 2. The fourth-order valence-electron chi connectivity index (χ4n) is 6.23. The standard InChI is InChI=1S/C33H49N5O3S/c1-21(2)25-10-11-26-30(17-25)42-31(36-26)18-28(35-27-16-22(27)3)33(40)37-29(24-8-6-5-7-9-24)19-34-32(39)23(4)20-38-12-14-41-15-13-38/h10-11,17,21-22,24,27-29,35H,4-9,12-16,18-20H2,1-3H3,(H,34,39)(H,37,40)/t22?,27?,28-,29?/m0/s1. The lowest BCUT2D eigenvalue weighted by atomic mass is 9.83. The summed E-state index contributed by atoms with van der Waals surface area (Å²) in [6.07, 6.45) is 7.37. The first-order valence-corrected chi connectivity index (χ1v) is 16.8. The number of morpholine rings is 1. The van der Waals surface area contributed by atoms with E-state index in [1.54, 1.807) is 11.3 Å². The molecule has 2 aromatic rings. The number of fused-ring (bicyclic) bond motifs is 1. The van der Waals surface area contributed by atoms with E-state index in [1.807, 2.05) is 0 Å². The molecule has 3 N–H and O–H groups in total. The van der Waals surface area contributed by atoms with Crippen LogP contribution in [0.25, 0.3) is 10.2 Å².